The van der Waals surface area contributed by atoms with Crippen molar-refractivity contribution < 1.29 is 5.11 Å². The lowest BCUT2D eigenvalue weighted by Crippen LogP contribution is -2.25. The van der Waals surface area contributed by atoms with E-state index in [0.717, 1.165) is 23.0 Å². The number of halogens is 1. The van der Waals surface area contributed by atoms with Crippen LogP contribution in [0.2, 0.25) is 0 Å². The normalized spacial score (nSPS) is 13.1. The van der Waals surface area contributed by atoms with E-state index in [1.807, 2.05) is 12.1 Å². The van der Waals surface area contributed by atoms with E-state index in [2.05, 4.69) is 42.0 Å². The van der Waals surface area contributed by atoms with Crippen molar-refractivity contribution in [3.8, 4) is 5.75 Å². The first-order valence-corrected chi connectivity index (χ1v) is 6.55. The van der Waals surface area contributed by atoms with Crippen molar-refractivity contribution in [2.24, 2.45) is 5.92 Å². The zero-order valence-electron chi connectivity index (χ0n) is 10.1. The van der Waals surface area contributed by atoms with Gasteiger partial charge in [0.05, 0.1) is 0 Å². The summed E-state index contributed by atoms with van der Waals surface area (Å²) in [6.45, 7) is 7.45. The van der Waals surface area contributed by atoms with Crippen LogP contribution in [0, 0.1) is 5.92 Å². The summed E-state index contributed by atoms with van der Waals surface area (Å²) in [6.07, 6.45) is 0.969. The summed E-state index contributed by atoms with van der Waals surface area (Å²) in [5.41, 5.74) is 0.970. The number of phenols is 1. The van der Waals surface area contributed by atoms with Crippen LogP contribution in [0.3, 0.4) is 0 Å². The molecule has 1 atom stereocenters. The molecule has 0 radical (unpaired) electrons. The van der Waals surface area contributed by atoms with E-state index >= 15 is 0 Å². The van der Waals surface area contributed by atoms with Crippen LogP contribution in [-0.2, 0) is 0 Å². The Bertz CT molecular complexity index is 339. The molecule has 0 spiro atoms. The number of rotatable bonds is 5. The maximum Gasteiger partial charge on any atom is 0.120 e. The molecule has 2 N–H and O–H groups in total. The van der Waals surface area contributed by atoms with E-state index in [0.29, 0.717) is 11.7 Å². The predicted molar refractivity (Wildman–Crippen MR) is 71.7 cm³/mol. The molecule has 1 rings (SSSR count). The molecular formula is C13H20BrNO. The van der Waals surface area contributed by atoms with Crippen molar-refractivity contribution >= 4 is 15.9 Å². The minimum atomic E-state index is 0.222. The molecule has 0 bridgehead atoms. The number of aromatic hydroxyl groups is 1. The van der Waals surface area contributed by atoms with Crippen LogP contribution in [0.5, 0.6) is 5.75 Å². The van der Waals surface area contributed by atoms with Gasteiger partial charge in [-0.2, -0.15) is 0 Å². The van der Waals surface area contributed by atoms with Crippen molar-refractivity contribution in [2.45, 2.75) is 33.2 Å². The number of hydrogen-bond donors (Lipinski definition) is 2. The fourth-order valence-corrected chi connectivity index (χ4v) is 2.04. The van der Waals surface area contributed by atoms with Crippen LogP contribution >= 0.6 is 15.9 Å². The molecule has 2 nitrogen and oxygen atoms in total. The van der Waals surface area contributed by atoms with Gasteiger partial charge < -0.3 is 10.4 Å². The van der Waals surface area contributed by atoms with E-state index in [-0.39, 0.29) is 6.04 Å². The van der Waals surface area contributed by atoms with E-state index < -0.39 is 0 Å². The van der Waals surface area contributed by atoms with Crippen molar-refractivity contribution in [1.29, 1.82) is 0 Å². The SMILES string of the molecule is CCC(NCC(C)C)c1cc(Br)ccc1O. The van der Waals surface area contributed by atoms with Gasteiger partial charge in [0.25, 0.3) is 0 Å². The van der Waals surface area contributed by atoms with Crippen molar-refractivity contribution in [3.05, 3.63) is 28.2 Å². The topological polar surface area (TPSA) is 32.3 Å². The zero-order chi connectivity index (χ0) is 12.1. The molecule has 1 unspecified atom stereocenters. The van der Waals surface area contributed by atoms with Gasteiger partial charge >= 0.3 is 0 Å². The summed E-state index contributed by atoms with van der Waals surface area (Å²) in [6, 6.07) is 5.80. The van der Waals surface area contributed by atoms with Crippen molar-refractivity contribution in [1.82, 2.24) is 5.32 Å². The van der Waals surface area contributed by atoms with Crippen LogP contribution < -0.4 is 5.32 Å². The van der Waals surface area contributed by atoms with Crippen LogP contribution in [0.1, 0.15) is 38.8 Å². The molecule has 0 fully saturated rings. The average Bonchev–Trinajstić information content (AvgIpc) is 2.23. The third-order valence-corrected chi connectivity index (χ3v) is 3.04. The molecule has 1 aromatic carbocycles. The maximum atomic E-state index is 9.84. The Labute approximate surface area is 106 Å². The molecule has 0 saturated carbocycles. The molecule has 16 heavy (non-hydrogen) atoms. The van der Waals surface area contributed by atoms with Gasteiger partial charge in [0, 0.05) is 16.1 Å². The maximum absolute atomic E-state index is 9.84. The van der Waals surface area contributed by atoms with Crippen molar-refractivity contribution in [3.63, 3.8) is 0 Å². The highest BCUT2D eigenvalue weighted by molar-refractivity contribution is 9.10. The molecule has 3 heteroatoms. The lowest BCUT2D eigenvalue weighted by Gasteiger charge is -2.20. The standard InChI is InChI=1S/C13H20BrNO/c1-4-12(15-8-9(2)3)11-7-10(14)5-6-13(11)16/h5-7,9,12,15-16H,4,8H2,1-3H3. The molecule has 0 amide bonds. The number of hydrogen-bond acceptors (Lipinski definition) is 2. The van der Waals surface area contributed by atoms with Gasteiger partial charge in [-0.05, 0) is 37.1 Å². The summed E-state index contributed by atoms with van der Waals surface area (Å²) in [7, 11) is 0. The van der Waals surface area contributed by atoms with E-state index in [9.17, 15) is 5.11 Å². The number of nitrogens with one attached hydrogen (secondary N) is 1. The zero-order valence-corrected chi connectivity index (χ0v) is 11.7. The number of phenolic OH excluding ortho intramolecular Hbond substituents is 1. The van der Waals surface area contributed by atoms with Crippen molar-refractivity contribution in [2.75, 3.05) is 6.54 Å². The minimum Gasteiger partial charge on any atom is -0.508 e. The van der Waals surface area contributed by atoms with Crippen LogP contribution in [0.15, 0.2) is 22.7 Å². The highest BCUT2D eigenvalue weighted by Gasteiger charge is 2.13. The smallest absolute Gasteiger partial charge is 0.120 e. The van der Waals surface area contributed by atoms with Crippen LogP contribution in [0.25, 0.3) is 0 Å². The Balaban J connectivity index is 2.81. The highest BCUT2D eigenvalue weighted by atomic mass is 79.9. The van der Waals surface area contributed by atoms with Crippen LogP contribution in [0.4, 0.5) is 0 Å². The number of benzene rings is 1. The Kier molecular flexibility index (Phi) is 5.29. The Morgan fingerprint density at radius 1 is 1.38 bits per heavy atom. The molecule has 0 aromatic heterocycles. The second kappa shape index (κ2) is 6.26. The van der Waals surface area contributed by atoms with Gasteiger partial charge in [0.1, 0.15) is 5.75 Å². The van der Waals surface area contributed by atoms with E-state index in [1.165, 1.54) is 0 Å². The molecule has 90 valence electrons. The summed E-state index contributed by atoms with van der Waals surface area (Å²) in [5, 5.41) is 13.3. The summed E-state index contributed by atoms with van der Waals surface area (Å²) < 4.78 is 1.00. The first kappa shape index (κ1) is 13.5. The lowest BCUT2D eigenvalue weighted by molar-refractivity contribution is 0.426. The second-order valence-electron chi connectivity index (χ2n) is 4.47. The van der Waals surface area contributed by atoms with Gasteiger partial charge in [0.15, 0.2) is 0 Å². The first-order valence-electron chi connectivity index (χ1n) is 5.76. The summed E-state index contributed by atoms with van der Waals surface area (Å²) in [5.74, 6) is 0.981. The molecule has 0 heterocycles. The van der Waals surface area contributed by atoms with Gasteiger partial charge in [-0.3, -0.25) is 0 Å². The molecule has 0 saturated heterocycles. The Hall–Kier alpha value is -0.540. The van der Waals surface area contributed by atoms with E-state index in [4.69, 9.17) is 0 Å². The van der Waals surface area contributed by atoms with Gasteiger partial charge in [-0.25, -0.2) is 0 Å². The molecule has 1 aromatic rings. The van der Waals surface area contributed by atoms with Gasteiger partial charge in [0.2, 0.25) is 0 Å². The van der Waals surface area contributed by atoms with Gasteiger partial charge in [-0.15, -0.1) is 0 Å². The Morgan fingerprint density at radius 3 is 2.62 bits per heavy atom. The average molecular weight is 286 g/mol. The minimum absolute atomic E-state index is 0.222. The fraction of sp³-hybridized carbons (Fsp3) is 0.538. The largest absolute Gasteiger partial charge is 0.508 e. The highest BCUT2D eigenvalue weighted by Crippen LogP contribution is 2.29. The molecule has 0 aliphatic carbocycles. The Morgan fingerprint density at radius 2 is 2.06 bits per heavy atom. The molecule has 0 aliphatic rings. The fourth-order valence-electron chi connectivity index (χ4n) is 1.66. The van der Waals surface area contributed by atoms with E-state index in [1.54, 1.807) is 6.07 Å². The quantitative estimate of drug-likeness (QED) is 0.861. The van der Waals surface area contributed by atoms with Gasteiger partial charge in [-0.1, -0.05) is 36.7 Å². The first-order chi connectivity index (χ1) is 7.54. The summed E-state index contributed by atoms with van der Waals surface area (Å²) >= 11 is 3.43. The monoisotopic (exact) mass is 285 g/mol. The van der Waals surface area contributed by atoms with Crippen LogP contribution in [-0.4, -0.2) is 11.7 Å². The summed E-state index contributed by atoms with van der Waals surface area (Å²) in [4.78, 5) is 0. The predicted octanol–water partition coefficient (Wildman–Crippen LogP) is 3.85. The molecule has 0 aliphatic heterocycles. The molecular weight excluding hydrogens is 266 g/mol. The third kappa shape index (κ3) is 3.80. The third-order valence-electron chi connectivity index (χ3n) is 2.55. The lowest BCUT2D eigenvalue weighted by atomic mass is 10.0. The second-order valence-corrected chi connectivity index (χ2v) is 5.38.